The van der Waals surface area contributed by atoms with Crippen LogP contribution in [0.2, 0.25) is 18.1 Å². The average molecular weight is 524 g/mol. The molecular weight excluding hydrogens is 509 g/mol. The van der Waals surface area contributed by atoms with E-state index in [-0.39, 0.29) is 18.1 Å². The lowest BCUT2D eigenvalue weighted by atomic mass is 10.3. The minimum Gasteiger partial charge on any atom is -0.584 e. The highest BCUT2D eigenvalue weighted by molar-refractivity contribution is 6.78. The first-order valence-electron chi connectivity index (χ1n) is 9.39. The summed E-state index contributed by atoms with van der Waals surface area (Å²) in [7, 11) is -2.94. The highest BCUT2D eigenvalue weighted by atomic mass is 28.4. The number of benzene rings is 2. The first-order valence-corrected chi connectivity index (χ1v) is 13.3. The summed E-state index contributed by atoms with van der Waals surface area (Å²) in [6.45, 7) is 4.88. The Morgan fingerprint density at radius 3 is 0.970 bits per heavy atom. The van der Waals surface area contributed by atoms with Crippen LogP contribution in [0.5, 0.6) is 11.5 Å². The van der Waals surface area contributed by atoms with E-state index < -0.39 is 93.1 Å². The Bertz CT molecular complexity index is 913. The van der Waals surface area contributed by atoms with Gasteiger partial charge in [-0.15, -0.1) is 0 Å². The van der Waals surface area contributed by atoms with Crippen LogP contribution in [0.1, 0.15) is 20.8 Å². The van der Waals surface area contributed by atoms with Crippen LogP contribution in [0, 0.1) is 58.2 Å². The van der Waals surface area contributed by atoms with Crippen molar-refractivity contribution in [3.8, 4) is 11.5 Å². The zero-order valence-corrected chi connectivity index (χ0v) is 19.4. The van der Waals surface area contributed by atoms with Gasteiger partial charge < -0.3 is 11.1 Å². The maximum atomic E-state index is 14.1. The van der Waals surface area contributed by atoms with Crippen LogP contribution in [0.3, 0.4) is 0 Å². The molecule has 182 valence electrons. The zero-order chi connectivity index (χ0) is 25.2. The summed E-state index contributed by atoms with van der Waals surface area (Å²) >= 11 is -4.40. The maximum absolute atomic E-state index is 14.1. The minimum atomic E-state index is -4.40. The maximum Gasteiger partial charge on any atom is 1.09 e. The topological polar surface area (TPSA) is 27.7 Å². The molecule has 2 rings (SSSR count). The van der Waals surface area contributed by atoms with Gasteiger partial charge in [-0.05, 0) is 18.1 Å². The lowest BCUT2D eigenvalue weighted by Crippen LogP contribution is -2.48. The number of hydrogen-bond donors (Lipinski definition) is 0. The van der Waals surface area contributed by atoms with Gasteiger partial charge in [0.05, 0.1) is 0 Å². The molecule has 3 nitrogen and oxygen atoms in total. The normalized spacial score (nSPS) is 11.7. The van der Waals surface area contributed by atoms with Crippen LogP contribution in [0.15, 0.2) is 0 Å². The van der Waals surface area contributed by atoms with Crippen molar-refractivity contribution in [1.29, 1.82) is 0 Å². The molecule has 0 saturated heterocycles. The second-order valence-corrected chi connectivity index (χ2v) is 13.2. The SMILES string of the molecule is CC[Si](CC)(CC)[O][Al]([O]c1c(F)c(F)c(F)c(F)c1F)[O]c1c(F)c(F)c(F)c(F)c1F. The van der Waals surface area contributed by atoms with E-state index >= 15 is 0 Å². The molecular formula is C18H15AlF10O3Si. The van der Waals surface area contributed by atoms with Gasteiger partial charge >= 0.3 is 15.1 Å². The zero-order valence-electron chi connectivity index (χ0n) is 17.2. The third kappa shape index (κ3) is 5.11. The summed E-state index contributed by atoms with van der Waals surface area (Å²) in [6, 6.07) is 0.847. The molecule has 2 aromatic rings. The van der Waals surface area contributed by atoms with Crippen LogP contribution in [-0.2, 0) is 3.48 Å². The fraction of sp³-hybridized carbons (Fsp3) is 0.333. The van der Waals surface area contributed by atoms with Crippen molar-refractivity contribution in [2.45, 2.75) is 38.9 Å². The highest BCUT2D eigenvalue weighted by Crippen LogP contribution is 2.34. The first kappa shape index (κ1) is 27.3. The van der Waals surface area contributed by atoms with Gasteiger partial charge in [-0.3, -0.25) is 0 Å². The lowest BCUT2D eigenvalue weighted by molar-refractivity contribution is 0.255. The Hall–Kier alpha value is -1.95. The monoisotopic (exact) mass is 524 g/mol. The number of hydrogen-bond acceptors (Lipinski definition) is 3. The van der Waals surface area contributed by atoms with E-state index in [0.29, 0.717) is 0 Å². The van der Waals surface area contributed by atoms with Crippen molar-refractivity contribution in [2.75, 3.05) is 0 Å². The van der Waals surface area contributed by atoms with E-state index in [4.69, 9.17) is 11.1 Å². The molecule has 0 aliphatic rings. The van der Waals surface area contributed by atoms with Gasteiger partial charge in [0.1, 0.15) is 0 Å². The Balaban J connectivity index is 2.63. The van der Waals surface area contributed by atoms with Crippen LogP contribution >= 0.6 is 0 Å². The van der Waals surface area contributed by atoms with Gasteiger partial charge in [0, 0.05) is 0 Å². The highest BCUT2D eigenvalue weighted by Gasteiger charge is 2.50. The van der Waals surface area contributed by atoms with Gasteiger partial charge in [-0.2, -0.15) is 17.6 Å². The van der Waals surface area contributed by atoms with E-state index in [1.54, 1.807) is 20.8 Å². The molecule has 0 saturated carbocycles. The van der Waals surface area contributed by atoms with Crippen LogP contribution in [0.25, 0.3) is 0 Å². The minimum absolute atomic E-state index is 0.282. The summed E-state index contributed by atoms with van der Waals surface area (Å²) in [6.07, 6.45) is 0. The second kappa shape index (κ2) is 10.5. The van der Waals surface area contributed by atoms with Crippen LogP contribution < -0.4 is 7.58 Å². The van der Waals surface area contributed by atoms with Gasteiger partial charge in [-0.25, -0.2) is 26.3 Å². The van der Waals surface area contributed by atoms with Gasteiger partial charge in [0.25, 0.3) is 0 Å². The van der Waals surface area contributed by atoms with Gasteiger partial charge in [0.15, 0.2) is 19.8 Å². The quantitative estimate of drug-likeness (QED) is 0.161. The van der Waals surface area contributed by atoms with Crippen LogP contribution in [-0.4, -0.2) is 23.5 Å². The smallest absolute Gasteiger partial charge is 0.584 e. The summed E-state index contributed by atoms with van der Waals surface area (Å²) in [5.74, 6) is -28.1. The number of halogens is 10. The lowest BCUT2D eigenvalue weighted by Gasteiger charge is -2.31. The molecule has 0 atom stereocenters. The van der Waals surface area contributed by atoms with Gasteiger partial charge in [-0.1, -0.05) is 20.8 Å². The Labute approximate surface area is 187 Å². The van der Waals surface area contributed by atoms with Crippen molar-refractivity contribution in [1.82, 2.24) is 0 Å². The van der Waals surface area contributed by atoms with Gasteiger partial charge in [0.2, 0.25) is 58.2 Å². The second-order valence-electron chi connectivity index (χ2n) is 6.68. The molecule has 0 amide bonds. The Morgan fingerprint density at radius 2 is 0.727 bits per heavy atom. The molecule has 0 unspecified atom stereocenters. The van der Waals surface area contributed by atoms with E-state index in [2.05, 4.69) is 0 Å². The largest absolute Gasteiger partial charge is 1.09 e. The molecule has 0 fully saturated rings. The third-order valence-electron chi connectivity index (χ3n) is 5.05. The molecule has 0 spiro atoms. The molecule has 33 heavy (non-hydrogen) atoms. The summed E-state index contributed by atoms with van der Waals surface area (Å²) in [4.78, 5) is 0. The molecule has 0 aliphatic heterocycles. The first-order chi connectivity index (χ1) is 15.4. The molecule has 0 heterocycles. The van der Waals surface area contributed by atoms with E-state index in [1.807, 2.05) is 0 Å². The van der Waals surface area contributed by atoms with E-state index in [9.17, 15) is 43.9 Å². The van der Waals surface area contributed by atoms with Crippen molar-refractivity contribution >= 4 is 23.5 Å². The Morgan fingerprint density at radius 1 is 0.485 bits per heavy atom. The van der Waals surface area contributed by atoms with E-state index in [0.717, 1.165) is 0 Å². The van der Waals surface area contributed by atoms with Crippen molar-refractivity contribution in [2.24, 2.45) is 0 Å². The molecule has 0 bridgehead atoms. The molecule has 0 radical (unpaired) electrons. The fourth-order valence-corrected chi connectivity index (χ4v) is 9.21. The predicted molar refractivity (Wildman–Crippen MR) is 97.8 cm³/mol. The molecule has 0 N–H and O–H groups in total. The molecule has 15 heteroatoms. The summed E-state index contributed by atoms with van der Waals surface area (Å²) in [5.41, 5.74) is 0. The van der Waals surface area contributed by atoms with Crippen molar-refractivity contribution in [3.05, 3.63) is 58.2 Å². The van der Waals surface area contributed by atoms with Crippen molar-refractivity contribution < 1.29 is 55.0 Å². The molecule has 2 aromatic carbocycles. The van der Waals surface area contributed by atoms with E-state index in [1.165, 1.54) is 0 Å². The summed E-state index contributed by atoms with van der Waals surface area (Å²) < 4.78 is 152. The molecule has 0 aromatic heterocycles. The third-order valence-corrected chi connectivity index (χ3v) is 12.5. The Kier molecular flexibility index (Phi) is 8.72. The molecule has 0 aliphatic carbocycles. The average Bonchev–Trinajstić information content (AvgIpc) is 2.82. The predicted octanol–water partition coefficient (Wildman–Crippen LogP) is 6.54. The summed E-state index contributed by atoms with van der Waals surface area (Å²) in [5, 5.41) is 0. The number of rotatable bonds is 9. The fourth-order valence-electron chi connectivity index (χ4n) is 2.85. The standard InChI is InChI=1S/2C6HF5O.C6H15OSi.Al/c2*7-1-2(8)4(10)6(12)5(11)3(1)9;1-4-8(7,5-2)6-3;/h2*12H;4-6H2,1-3H3;/q;;-1;+3/p-2. The van der Waals surface area contributed by atoms with Crippen LogP contribution in [0.4, 0.5) is 43.9 Å². The van der Waals surface area contributed by atoms with Crippen molar-refractivity contribution in [3.63, 3.8) is 0 Å².